The molecule has 0 aromatic heterocycles. The van der Waals surface area contributed by atoms with Crippen LogP contribution in [0.4, 0.5) is 13.2 Å². The number of allylic oxidation sites excluding steroid dienone is 3. The molecule has 1 N–H and O–H groups in total. The number of aliphatic hydroxyl groups excluding tert-OH is 1. The first-order valence-corrected chi connectivity index (χ1v) is 9.89. The van der Waals surface area contributed by atoms with Crippen LogP contribution in [0.1, 0.15) is 58.8 Å². The van der Waals surface area contributed by atoms with Crippen LogP contribution in [0.25, 0.3) is 0 Å². The van der Waals surface area contributed by atoms with E-state index < -0.39 is 28.7 Å². The Labute approximate surface area is 206 Å². The van der Waals surface area contributed by atoms with E-state index in [1.165, 1.54) is 6.08 Å². The van der Waals surface area contributed by atoms with Crippen molar-refractivity contribution in [3.8, 4) is 0 Å². The number of carbonyl (C=O) groups excluding carboxylic acids is 1. The second kappa shape index (κ2) is 7.48. The predicted octanol–water partition coefficient (Wildman–Crippen LogP) is 0.670. The molecule has 6 unspecified atom stereocenters. The summed E-state index contributed by atoms with van der Waals surface area (Å²) in [6.07, 6.45) is 0.894. The Bertz CT molecular complexity index is 744. The van der Waals surface area contributed by atoms with Gasteiger partial charge in [0.25, 0.3) is 0 Å². The molecule has 0 amide bonds. The molecular formula is C21H26F3KO3. The average Bonchev–Trinajstić information content (AvgIpc) is 2.89. The van der Waals surface area contributed by atoms with Gasteiger partial charge in [0.1, 0.15) is 0 Å². The topological polar surface area (TPSA) is 60.4 Å². The standard InChI is InChI=1S/C21H27F3O3.K/c1-19-8-7-15-12(14(19)5-6-17(19)26)4-3-11-9-16(25)13(10-20(11,15)2)18(27)21(22,23)24;/h9,12,14-15,17,26-27H,3-8,10H2,1-2H3;/q;+1/p-1. The molecule has 4 rings (SSSR count). The zero-order chi connectivity index (χ0) is 19.8. The molecular weight excluding hydrogens is 396 g/mol. The summed E-state index contributed by atoms with van der Waals surface area (Å²) >= 11 is 0. The van der Waals surface area contributed by atoms with Crippen molar-refractivity contribution in [3.05, 3.63) is 23.0 Å². The molecule has 4 aliphatic carbocycles. The summed E-state index contributed by atoms with van der Waals surface area (Å²) in [7, 11) is 0. The number of fused-ring (bicyclic) bond motifs is 5. The zero-order valence-corrected chi connectivity index (χ0v) is 19.9. The molecule has 4 aliphatic rings. The minimum Gasteiger partial charge on any atom is -0.869 e. The van der Waals surface area contributed by atoms with Gasteiger partial charge in [-0.2, -0.15) is 13.2 Å². The van der Waals surface area contributed by atoms with Crippen molar-refractivity contribution >= 4 is 5.78 Å². The van der Waals surface area contributed by atoms with Gasteiger partial charge in [-0.15, -0.1) is 0 Å². The van der Waals surface area contributed by atoms with Crippen LogP contribution in [0.5, 0.6) is 0 Å². The smallest absolute Gasteiger partial charge is 0.869 e. The van der Waals surface area contributed by atoms with Gasteiger partial charge in [0, 0.05) is 0 Å². The quantitative estimate of drug-likeness (QED) is 0.355. The molecule has 0 aliphatic heterocycles. The number of aliphatic hydroxyl groups is 1. The minimum atomic E-state index is -5.01. The fourth-order valence-corrected chi connectivity index (χ4v) is 6.84. The predicted molar refractivity (Wildman–Crippen MR) is 91.2 cm³/mol. The zero-order valence-electron chi connectivity index (χ0n) is 16.7. The van der Waals surface area contributed by atoms with Crippen LogP contribution < -0.4 is 56.5 Å². The van der Waals surface area contributed by atoms with Crippen molar-refractivity contribution in [2.24, 2.45) is 28.6 Å². The van der Waals surface area contributed by atoms with E-state index >= 15 is 0 Å². The summed E-state index contributed by atoms with van der Waals surface area (Å²) in [5.74, 6) is -1.89. The third-order valence-electron chi connectivity index (χ3n) is 8.36. The molecule has 0 spiro atoms. The average molecular weight is 423 g/mol. The first-order chi connectivity index (χ1) is 12.5. The summed E-state index contributed by atoms with van der Waals surface area (Å²) in [6, 6.07) is 0. The van der Waals surface area contributed by atoms with E-state index in [4.69, 9.17) is 0 Å². The molecule has 0 saturated heterocycles. The SMILES string of the molecule is CC12CC(=C([O-])C(F)(F)F)C(=O)C=C1CCC1C2CCC2(C)C(O)CCC12.[K+]. The molecule has 3 saturated carbocycles. The van der Waals surface area contributed by atoms with Crippen LogP contribution >= 0.6 is 0 Å². The monoisotopic (exact) mass is 422 g/mol. The molecule has 0 radical (unpaired) electrons. The Morgan fingerprint density at radius 2 is 1.86 bits per heavy atom. The van der Waals surface area contributed by atoms with E-state index in [0.717, 1.165) is 37.7 Å². The Morgan fingerprint density at radius 1 is 1.18 bits per heavy atom. The Kier molecular flexibility index (Phi) is 6.15. The number of alkyl halides is 3. The summed E-state index contributed by atoms with van der Waals surface area (Å²) < 4.78 is 39.0. The second-order valence-corrected chi connectivity index (χ2v) is 9.49. The van der Waals surface area contributed by atoms with Gasteiger partial charge in [0.2, 0.25) is 0 Å². The fraction of sp³-hybridized carbons (Fsp3) is 0.762. The molecule has 0 bridgehead atoms. The number of halogens is 3. The normalized spacial score (nSPS) is 44.6. The van der Waals surface area contributed by atoms with Crippen molar-refractivity contribution in [2.75, 3.05) is 0 Å². The summed E-state index contributed by atoms with van der Waals surface area (Å²) in [4.78, 5) is 12.2. The van der Waals surface area contributed by atoms with Gasteiger partial charge < -0.3 is 10.2 Å². The van der Waals surface area contributed by atoms with Crippen molar-refractivity contribution in [1.29, 1.82) is 0 Å². The number of ketones is 1. The largest absolute Gasteiger partial charge is 1.00 e. The van der Waals surface area contributed by atoms with E-state index in [2.05, 4.69) is 6.92 Å². The van der Waals surface area contributed by atoms with E-state index in [0.29, 0.717) is 18.3 Å². The summed E-state index contributed by atoms with van der Waals surface area (Å²) in [5, 5.41) is 22.3. The van der Waals surface area contributed by atoms with Gasteiger partial charge in [-0.25, -0.2) is 0 Å². The molecule has 7 heteroatoms. The molecule has 3 nitrogen and oxygen atoms in total. The third-order valence-corrected chi connectivity index (χ3v) is 8.36. The molecule has 0 aromatic rings. The molecule has 0 heterocycles. The first kappa shape index (κ1) is 23.0. The van der Waals surface area contributed by atoms with E-state index in [9.17, 15) is 28.2 Å². The number of hydrogen-bond acceptors (Lipinski definition) is 3. The van der Waals surface area contributed by atoms with Crippen molar-refractivity contribution in [2.45, 2.75) is 71.1 Å². The minimum absolute atomic E-state index is 0. The first-order valence-electron chi connectivity index (χ1n) is 9.89. The maximum atomic E-state index is 13.0. The van der Waals surface area contributed by atoms with Crippen LogP contribution in [0.3, 0.4) is 0 Å². The molecule has 0 aromatic carbocycles. The molecule has 3 fully saturated rings. The van der Waals surface area contributed by atoms with Gasteiger partial charge in [0.15, 0.2) is 5.78 Å². The second-order valence-electron chi connectivity index (χ2n) is 9.49. The van der Waals surface area contributed by atoms with Crippen molar-refractivity contribution in [3.63, 3.8) is 0 Å². The fourth-order valence-electron chi connectivity index (χ4n) is 6.84. The maximum Gasteiger partial charge on any atom is 1.00 e. The van der Waals surface area contributed by atoms with E-state index in [-0.39, 0.29) is 75.2 Å². The van der Waals surface area contributed by atoms with Crippen LogP contribution in [-0.4, -0.2) is 23.2 Å². The van der Waals surface area contributed by atoms with Gasteiger partial charge in [0.05, 0.1) is 6.10 Å². The maximum absolute atomic E-state index is 13.0. The van der Waals surface area contributed by atoms with Crippen LogP contribution in [0, 0.1) is 28.6 Å². The van der Waals surface area contributed by atoms with E-state index in [1.807, 2.05) is 6.92 Å². The van der Waals surface area contributed by atoms with Crippen molar-refractivity contribution in [1.82, 2.24) is 0 Å². The molecule has 28 heavy (non-hydrogen) atoms. The Morgan fingerprint density at radius 3 is 2.50 bits per heavy atom. The summed E-state index contributed by atoms with van der Waals surface area (Å²) in [5.41, 5.74) is -0.372. The van der Waals surface area contributed by atoms with Crippen LogP contribution in [0.2, 0.25) is 0 Å². The number of hydrogen-bond donors (Lipinski definition) is 1. The Balaban J connectivity index is 0.00000225. The van der Waals surface area contributed by atoms with Crippen LogP contribution in [-0.2, 0) is 4.79 Å². The molecule has 6 atom stereocenters. The summed E-state index contributed by atoms with van der Waals surface area (Å²) in [6.45, 7) is 4.09. The van der Waals surface area contributed by atoms with Gasteiger partial charge in [-0.05, 0) is 90.9 Å². The van der Waals surface area contributed by atoms with Gasteiger partial charge in [-0.3, -0.25) is 4.79 Å². The third kappa shape index (κ3) is 3.32. The number of rotatable bonds is 0. The number of carbonyl (C=O) groups is 1. The van der Waals surface area contributed by atoms with Gasteiger partial charge in [-0.1, -0.05) is 19.4 Å². The van der Waals surface area contributed by atoms with Gasteiger partial charge >= 0.3 is 57.6 Å². The molecule has 150 valence electrons. The van der Waals surface area contributed by atoms with E-state index in [1.54, 1.807) is 0 Å². The Hall–Kier alpha value is 0.336. The van der Waals surface area contributed by atoms with Crippen LogP contribution in [0.15, 0.2) is 23.0 Å². The van der Waals surface area contributed by atoms with Crippen molar-refractivity contribution < 1.29 is 79.6 Å².